The molecule has 22 heavy (non-hydrogen) atoms. The first-order valence-corrected chi connectivity index (χ1v) is 7.85. The lowest BCUT2D eigenvalue weighted by atomic mass is 10.1. The lowest BCUT2D eigenvalue weighted by Gasteiger charge is -2.08. The predicted molar refractivity (Wildman–Crippen MR) is 88.5 cm³/mol. The van der Waals surface area contributed by atoms with Crippen LogP contribution in [0.1, 0.15) is 38.3 Å². The van der Waals surface area contributed by atoms with E-state index in [1.165, 1.54) is 0 Å². The van der Waals surface area contributed by atoms with E-state index in [1.54, 1.807) is 0 Å². The van der Waals surface area contributed by atoms with Gasteiger partial charge in [0.2, 0.25) is 5.91 Å². The molecule has 1 N–H and O–H groups in total. The summed E-state index contributed by atoms with van der Waals surface area (Å²) in [5, 5.41) is 2.93. The highest BCUT2D eigenvalue weighted by atomic mass is 16.5. The van der Waals surface area contributed by atoms with Crippen molar-refractivity contribution in [2.45, 2.75) is 40.3 Å². The second kappa shape index (κ2) is 11.0. The Kier molecular flexibility index (Phi) is 9.19. The van der Waals surface area contributed by atoms with E-state index in [1.807, 2.05) is 45.0 Å². The van der Waals surface area contributed by atoms with Gasteiger partial charge < -0.3 is 14.8 Å². The predicted octanol–water partition coefficient (Wildman–Crippen LogP) is 3.21. The minimum atomic E-state index is -0.0137. The quantitative estimate of drug-likeness (QED) is 0.533. The Bertz CT molecular complexity index is 483. The molecular weight excluding hydrogens is 278 g/mol. The van der Waals surface area contributed by atoms with Gasteiger partial charge in [-0.25, -0.2) is 0 Å². The summed E-state index contributed by atoms with van der Waals surface area (Å²) in [4.78, 5) is 11.8. The minimum absolute atomic E-state index is 0.0137. The van der Waals surface area contributed by atoms with E-state index >= 15 is 0 Å². The van der Waals surface area contributed by atoms with Crippen LogP contribution >= 0.6 is 0 Å². The van der Waals surface area contributed by atoms with Gasteiger partial charge in [0.1, 0.15) is 0 Å². The minimum Gasteiger partial charge on any atom is -0.379 e. The van der Waals surface area contributed by atoms with Crippen molar-refractivity contribution in [1.82, 2.24) is 5.32 Å². The van der Waals surface area contributed by atoms with Gasteiger partial charge in [-0.1, -0.05) is 37.3 Å². The monoisotopic (exact) mass is 305 g/mol. The molecule has 0 fully saturated rings. The van der Waals surface area contributed by atoms with Crippen LogP contribution in [-0.2, 0) is 27.4 Å². The number of carbonyl (C=O) groups is 1. The highest BCUT2D eigenvalue weighted by Crippen LogP contribution is 2.07. The van der Waals surface area contributed by atoms with Gasteiger partial charge in [0.05, 0.1) is 19.8 Å². The lowest BCUT2D eigenvalue weighted by molar-refractivity contribution is -0.117. The van der Waals surface area contributed by atoms with Crippen molar-refractivity contribution >= 4 is 5.91 Å². The fourth-order valence-corrected chi connectivity index (χ4v) is 2.00. The SMILES string of the molecule is CC/C=C(\C)C(=O)NCc1cccc(COCCOCC)c1. The molecule has 0 atom stereocenters. The number of carbonyl (C=O) groups excluding carboxylic acids is 1. The van der Waals surface area contributed by atoms with E-state index in [2.05, 4.69) is 11.4 Å². The third-order valence-corrected chi connectivity index (χ3v) is 3.16. The van der Waals surface area contributed by atoms with Gasteiger partial charge in [0, 0.05) is 18.7 Å². The molecule has 1 aromatic rings. The van der Waals surface area contributed by atoms with Crippen molar-refractivity contribution in [2.75, 3.05) is 19.8 Å². The van der Waals surface area contributed by atoms with Crippen molar-refractivity contribution in [3.63, 3.8) is 0 Å². The molecule has 1 aromatic carbocycles. The largest absolute Gasteiger partial charge is 0.379 e. The zero-order valence-corrected chi connectivity index (χ0v) is 13.9. The molecule has 1 amide bonds. The summed E-state index contributed by atoms with van der Waals surface area (Å²) in [5.74, 6) is -0.0137. The maximum Gasteiger partial charge on any atom is 0.246 e. The van der Waals surface area contributed by atoms with Crippen molar-refractivity contribution in [2.24, 2.45) is 0 Å². The summed E-state index contributed by atoms with van der Waals surface area (Å²) in [5.41, 5.74) is 2.94. The molecular formula is C18H27NO3. The number of ether oxygens (including phenoxy) is 2. The van der Waals surface area contributed by atoms with Gasteiger partial charge in [-0.05, 0) is 31.4 Å². The number of hydrogen-bond acceptors (Lipinski definition) is 3. The van der Waals surface area contributed by atoms with Crippen LogP contribution in [0, 0.1) is 0 Å². The normalized spacial score (nSPS) is 11.5. The Hall–Kier alpha value is -1.65. The maximum atomic E-state index is 11.8. The van der Waals surface area contributed by atoms with Gasteiger partial charge in [0.25, 0.3) is 0 Å². The molecule has 0 bridgehead atoms. The molecule has 4 heteroatoms. The molecule has 4 nitrogen and oxygen atoms in total. The number of benzene rings is 1. The summed E-state index contributed by atoms with van der Waals surface area (Å²) in [7, 11) is 0. The average molecular weight is 305 g/mol. The molecule has 0 spiro atoms. The third-order valence-electron chi connectivity index (χ3n) is 3.16. The molecule has 1 rings (SSSR count). The fourth-order valence-electron chi connectivity index (χ4n) is 2.00. The van der Waals surface area contributed by atoms with Gasteiger partial charge in [-0.2, -0.15) is 0 Å². The summed E-state index contributed by atoms with van der Waals surface area (Å²) < 4.78 is 10.8. The number of allylic oxidation sites excluding steroid dienone is 1. The van der Waals surface area contributed by atoms with Crippen molar-refractivity contribution in [1.29, 1.82) is 0 Å². The Labute approximate surface area is 133 Å². The van der Waals surface area contributed by atoms with Crippen LogP contribution in [0.25, 0.3) is 0 Å². The van der Waals surface area contributed by atoms with E-state index in [4.69, 9.17) is 9.47 Å². The van der Waals surface area contributed by atoms with E-state index in [-0.39, 0.29) is 5.91 Å². The van der Waals surface area contributed by atoms with Crippen molar-refractivity contribution < 1.29 is 14.3 Å². The highest BCUT2D eigenvalue weighted by Gasteiger charge is 2.03. The van der Waals surface area contributed by atoms with Crippen LogP contribution in [0.3, 0.4) is 0 Å². The van der Waals surface area contributed by atoms with Gasteiger partial charge in [0.15, 0.2) is 0 Å². The van der Waals surface area contributed by atoms with Crippen LogP contribution < -0.4 is 5.32 Å². The third kappa shape index (κ3) is 7.38. The molecule has 0 aromatic heterocycles. The molecule has 0 aliphatic rings. The van der Waals surface area contributed by atoms with Gasteiger partial charge in [-0.3, -0.25) is 4.79 Å². The lowest BCUT2D eigenvalue weighted by Crippen LogP contribution is -2.23. The zero-order chi connectivity index (χ0) is 16.2. The Balaban J connectivity index is 2.40. The number of nitrogens with one attached hydrogen (secondary N) is 1. The number of hydrogen-bond donors (Lipinski definition) is 1. The molecule has 122 valence electrons. The van der Waals surface area contributed by atoms with Gasteiger partial charge >= 0.3 is 0 Å². The summed E-state index contributed by atoms with van der Waals surface area (Å²) >= 11 is 0. The molecule has 0 aliphatic heterocycles. The molecule has 0 saturated heterocycles. The Morgan fingerprint density at radius 2 is 1.91 bits per heavy atom. The van der Waals surface area contributed by atoms with Crippen molar-refractivity contribution in [3.8, 4) is 0 Å². The molecule has 0 saturated carbocycles. The smallest absolute Gasteiger partial charge is 0.246 e. The molecule has 0 unspecified atom stereocenters. The second-order valence-electron chi connectivity index (χ2n) is 5.05. The van der Waals surface area contributed by atoms with Gasteiger partial charge in [-0.15, -0.1) is 0 Å². The Morgan fingerprint density at radius 1 is 1.18 bits per heavy atom. The summed E-state index contributed by atoms with van der Waals surface area (Å²) in [6.45, 7) is 8.84. The molecule has 0 radical (unpaired) electrons. The van der Waals surface area contributed by atoms with Crippen LogP contribution in [-0.4, -0.2) is 25.7 Å². The van der Waals surface area contributed by atoms with Crippen LogP contribution in [0.4, 0.5) is 0 Å². The Morgan fingerprint density at radius 3 is 2.64 bits per heavy atom. The van der Waals surface area contributed by atoms with Crippen LogP contribution in [0.15, 0.2) is 35.9 Å². The molecule has 0 aliphatic carbocycles. The number of amides is 1. The summed E-state index contributed by atoms with van der Waals surface area (Å²) in [6, 6.07) is 8.06. The number of rotatable bonds is 10. The first-order chi connectivity index (χ1) is 10.7. The fraction of sp³-hybridized carbons (Fsp3) is 0.500. The van der Waals surface area contributed by atoms with Crippen LogP contribution in [0.2, 0.25) is 0 Å². The highest BCUT2D eigenvalue weighted by molar-refractivity contribution is 5.92. The van der Waals surface area contributed by atoms with E-state index < -0.39 is 0 Å². The van der Waals surface area contributed by atoms with Crippen LogP contribution in [0.5, 0.6) is 0 Å². The first kappa shape index (κ1) is 18.4. The topological polar surface area (TPSA) is 47.6 Å². The van der Waals surface area contributed by atoms with Crippen molar-refractivity contribution in [3.05, 3.63) is 47.0 Å². The zero-order valence-electron chi connectivity index (χ0n) is 13.9. The van der Waals surface area contributed by atoms with E-state index in [0.29, 0.717) is 33.0 Å². The van der Waals surface area contributed by atoms with E-state index in [9.17, 15) is 4.79 Å². The first-order valence-electron chi connectivity index (χ1n) is 7.85. The summed E-state index contributed by atoms with van der Waals surface area (Å²) in [6.07, 6.45) is 2.80. The average Bonchev–Trinajstić information content (AvgIpc) is 2.53. The molecule has 0 heterocycles. The second-order valence-corrected chi connectivity index (χ2v) is 5.05. The maximum absolute atomic E-state index is 11.8. The standard InChI is InChI=1S/C18H27NO3/c1-4-7-15(3)18(20)19-13-16-8-6-9-17(12-16)14-22-11-10-21-5-2/h6-9,12H,4-5,10-11,13-14H2,1-3H3,(H,19,20)/b15-7+. The van der Waals surface area contributed by atoms with E-state index in [0.717, 1.165) is 23.1 Å².